The van der Waals surface area contributed by atoms with Crippen molar-refractivity contribution in [3.8, 4) is 5.75 Å². The minimum absolute atomic E-state index is 0.119. The van der Waals surface area contributed by atoms with Gasteiger partial charge in [0.1, 0.15) is 5.75 Å². The topological polar surface area (TPSA) is 52.9 Å². The van der Waals surface area contributed by atoms with Gasteiger partial charge in [-0.1, -0.05) is 24.3 Å². The number of fused-ring (bicyclic) bond motifs is 1. The number of piperidine rings is 1. The molecule has 1 aromatic carbocycles. The zero-order valence-corrected chi connectivity index (χ0v) is 12.4. The van der Waals surface area contributed by atoms with Crippen LogP contribution in [-0.2, 0) is 0 Å². The number of aliphatic hydroxyl groups is 2. The van der Waals surface area contributed by atoms with Crippen molar-refractivity contribution >= 4 is 6.08 Å². The van der Waals surface area contributed by atoms with Gasteiger partial charge in [-0.2, -0.15) is 0 Å². The molecule has 2 unspecified atom stereocenters. The monoisotopic (exact) mass is 289 g/mol. The highest BCUT2D eigenvalue weighted by Gasteiger charge is 2.67. The first-order valence-electron chi connectivity index (χ1n) is 7.48. The Labute approximate surface area is 125 Å². The average Bonchev–Trinajstić information content (AvgIpc) is 2.89. The van der Waals surface area contributed by atoms with Crippen molar-refractivity contribution in [1.82, 2.24) is 4.90 Å². The van der Waals surface area contributed by atoms with Crippen LogP contribution in [0.5, 0.6) is 5.75 Å². The maximum Gasteiger partial charge on any atom is 0.118 e. The number of hydrogen-bond acceptors (Lipinski definition) is 4. The molecule has 2 N–H and O–H groups in total. The summed E-state index contributed by atoms with van der Waals surface area (Å²) in [6.45, 7) is 3.13. The molecule has 1 aliphatic carbocycles. The van der Waals surface area contributed by atoms with Crippen LogP contribution in [-0.4, -0.2) is 55.1 Å². The molecule has 1 heterocycles. The summed E-state index contributed by atoms with van der Waals surface area (Å²) in [5.74, 6) is 1.82. The molecule has 4 nitrogen and oxygen atoms in total. The molecule has 4 heteroatoms. The molecule has 1 aromatic rings. The number of rotatable bonds is 6. The van der Waals surface area contributed by atoms with Crippen LogP contribution in [0.15, 0.2) is 30.3 Å². The predicted molar refractivity (Wildman–Crippen MR) is 82.1 cm³/mol. The van der Waals surface area contributed by atoms with Crippen LogP contribution in [0.25, 0.3) is 6.08 Å². The van der Waals surface area contributed by atoms with Crippen molar-refractivity contribution in [2.24, 2.45) is 17.3 Å². The van der Waals surface area contributed by atoms with Crippen molar-refractivity contribution in [3.63, 3.8) is 0 Å². The summed E-state index contributed by atoms with van der Waals surface area (Å²) in [5.41, 5.74) is 0.983. The van der Waals surface area contributed by atoms with Crippen molar-refractivity contribution in [1.29, 1.82) is 0 Å². The van der Waals surface area contributed by atoms with E-state index in [1.54, 1.807) is 7.11 Å². The first-order chi connectivity index (χ1) is 10.2. The van der Waals surface area contributed by atoms with Gasteiger partial charge in [0.15, 0.2) is 0 Å². The fourth-order valence-corrected chi connectivity index (χ4v) is 3.64. The van der Waals surface area contributed by atoms with E-state index >= 15 is 0 Å². The van der Waals surface area contributed by atoms with Gasteiger partial charge in [0.2, 0.25) is 0 Å². The minimum atomic E-state index is -0.184. The average molecular weight is 289 g/mol. The van der Waals surface area contributed by atoms with Gasteiger partial charge in [-0.05, 0) is 29.5 Å². The molecule has 1 saturated carbocycles. The largest absolute Gasteiger partial charge is 0.497 e. The van der Waals surface area contributed by atoms with Gasteiger partial charge in [-0.25, -0.2) is 0 Å². The van der Waals surface area contributed by atoms with Crippen LogP contribution in [0, 0.1) is 17.3 Å². The van der Waals surface area contributed by atoms with Crippen LogP contribution in [0.1, 0.15) is 5.56 Å². The van der Waals surface area contributed by atoms with Gasteiger partial charge in [0.25, 0.3) is 0 Å². The molecule has 0 bridgehead atoms. The van der Waals surface area contributed by atoms with E-state index in [1.165, 1.54) is 5.56 Å². The second-order valence-corrected chi connectivity index (χ2v) is 6.16. The van der Waals surface area contributed by atoms with Crippen LogP contribution >= 0.6 is 0 Å². The van der Waals surface area contributed by atoms with Gasteiger partial charge < -0.3 is 14.9 Å². The summed E-state index contributed by atoms with van der Waals surface area (Å²) in [6.07, 6.45) is 4.29. The third-order valence-corrected chi connectivity index (χ3v) is 5.14. The molecule has 114 valence electrons. The summed E-state index contributed by atoms with van der Waals surface area (Å²) in [6, 6.07) is 8.00. The van der Waals surface area contributed by atoms with E-state index in [1.807, 2.05) is 24.3 Å². The number of likely N-dealkylation sites (tertiary alicyclic amines) is 1. The molecular formula is C17H23NO3. The summed E-state index contributed by atoms with van der Waals surface area (Å²) in [4.78, 5) is 2.39. The Hall–Kier alpha value is -1.36. The predicted octanol–water partition coefficient (Wildman–Crippen LogP) is 1.24. The van der Waals surface area contributed by atoms with Gasteiger partial charge >= 0.3 is 0 Å². The molecule has 1 aliphatic heterocycles. The summed E-state index contributed by atoms with van der Waals surface area (Å²) in [5, 5.41) is 18.8. The number of ether oxygens (including phenoxy) is 1. The summed E-state index contributed by atoms with van der Waals surface area (Å²) >= 11 is 0. The van der Waals surface area contributed by atoms with Crippen molar-refractivity contribution < 1.29 is 14.9 Å². The Balaban J connectivity index is 1.48. The number of nitrogens with zero attached hydrogens (tertiary/aromatic N) is 1. The number of methoxy groups -OCH3 is 1. The molecule has 0 amide bonds. The fourth-order valence-electron chi connectivity index (χ4n) is 3.64. The van der Waals surface area contributed by atoms with Gasteiger partial charge in [0, 0.05) is 25.0 Å². The van der Waals surface area contributed by atoms with E-state index in [-0.39, 0.29) is 18.6 Å². The van der Waals surface area contributed by atoms with Gasteiger partial charge in [0.05, 0.1) is 20.3 Å². The molecule has 0 spiro atoms. The van der Waals surface area contributed by atoms with Crippen molar-refractivity contribution in [3.05, 3.63) is 35.9 Å². The Bertz CT molecular complexity index is 493. The molecule has 0 radical (unpaired) electrons. The first kappa shape index (κ1) is 14.6. The second-order valence-electron chi connectivity index (χ2n) is 6.16. The zero-order chi connectivity index (χ0) is 14.9. The van der Waals surface area contributed by atoms with Gasteiger partial charge in [-0.3, -0.25) is 4.90 Å². The molecule has 1 saturated heterocycles. The highest BCUT2D eigenvalue weighted by atomic mass is 16.5. The lowest BCUT2D eigenvalue weighted by atomic mass is 10.0. The number of aliphatic hydroxyl groups excluding tert-OH is 2. The summed E-state index contributed by atoms with van der Waals surface area (Å²) in [7, 11) is 1.67. The first-order valence-corrected chi connectivity index (χ1v) is 7.48. The van der Waals surface area contributed by atoms with Crippen LogP contribution in [0.4, 0.5) is 0 Å². The SMILES string of the molecule is COc1ccc(C=CCN2CC3C(C2)C3(CO)CO)cc1. The van der Waals surface area contributed by atoms with Crippen LogP contribution in [0.2, 0.25) is 0 Å². The Kier molecular flexibility index (Phi) is 4.02. The normalized spacial score (nSPS) is 27.0. The minimum Gasteiger partial charge on any atom is -0.497 e. The highest BCUT2D eigenvalue weighted by Crippen LogP contribution is 2.61. The van der Waals surface area contributed by atoms with Crippen LogP contribution in [0.3, 0.4) is 0 Å². The van der Waals surface area contributed by atoms with E-state index < -0.39 is 0 Å². The Morgan fingerprint density at radius 2 is 1.81 bits per heavy atom. The Morgan fingerprint density at radius 1 is 1.19 bits per heavy atom. The van der Waals surface area contributed by atoms with E-state index in [0.29, 0.717) is 11.8 Å². The molecule has 2 aliphatic rings. The quantitative estimate of drug-likeness (QED) is 0.827. The number of benzene rings is 1. The third kappa shape index (κ3) is 2.59. The van der Waals surface area contributed by atoms with Gasteiger partial charge in [-0.15, -0.1) is 0 Å². The zero-order valence-electron chi connectivity index (χ0n) is 12.4. The maximum atomic E-state index is 9.41. The lowest BCUT2D eigenvalue weighted by Gasteiger charge is -2.22. The standard InChI is InChI=1S/C17H23NO3/c1-21-14-6-4-13(5-7-14)3-2-8-18-9-15-16(10-18)17(15,11-19)12-20/h2-7,15-16,19-20H,8-12H2,1H3. The van der Waals surface area contributed by atoms with E-state index in [9.17, 15) is 10.2 Å². The second kappa shape index (κ2) is 5.79. The fraction of sp³-hybridized carbons (Fsp3) is 0.529. The smallest absolute Gasteiger partial charge is 0.118 e. The molecule has 2 atom stereocenters. The highest BCUT2D eigenvalue weighted by molar-refractivity contribution is 5.50. The van der Waals surface area contributed by atoms with Crippen molar-refractivity contribution in [2.45, 2.75) is 0 Å². The van der Waals surface area contributed by atoms with Crippen LogP contribution < -0.4 is 4.74 Å². The van der Waals surface area contributed by atoms with E-state index in [4.69, 9.17) is 4.74 Å². The lowest BCUT2D eigenvalue weighted by molar-refractivity contribution is 0.0904. The van der Waals surface area contributed by atoms with Crippen molar-refractivity contribution in [2.75, 3.05) is 40.0 Å². The van der Waals surface area contributed by atoms with E-state index in [2.05, 4.69) is 17.1 Å². The molecule has 2 fully saturated rings. The maximum absolute atomic E-state index is 9.41. The van der Waals surface area contributed by atoms with E-state index in [0.717, 1.165) is 25.4 Å². The molecule has 21 heavy (non-hydrogen) atoms. The third-order valence-electron chi connectivity index (χ3n) is 5.14. The molecule has 3 rings (SSSR count). The summed E-state index contributed by atoms with van der Waals surface area (Å²) < 4.78 is 5.14. The number of hydrogen-bond donors (Lipinski definition) is 2. The lowest BCUT2D eigenvalue weighted by Crippen LogP contribution is -2.32. The molecule has 0 aromatic heterocycles. The Morgan fingerprint density at radius 3 is 2.33 bits per heavy atom. The molecular weight excluding hydrogens is 266 g/mol.